The number of fused-ring (bicyclic) bond motifs is 1. The van der Waals surface area contributed by atoms with Gasteiger partial charge < -0.3 is 9.64 Å². The number of amides is 1. The van der Waals surface area contributed by atoms with Crippen molar-refractivity contribution < 1.29 is 31.5 Å². The maximum absolute atomic E-state index is 13.0. The number of halogens is 7. The molecule has 3 rings (SSSR count). The van der Waals surface area contributed by atoms with Crippen LogP contribution < -0.4 is 0 Å². The number of nitrogens with zero attached hydrogens (tertiary/aromatic N) is 4. The fourth-order valence-corrected chi connectivity index (χ4v) is 4.24. The Morgan fingerprint density at radius 1 is 1.29 bits per heavy atom. The van der Waals surface area contributed by atoms with E-state index in [-0.39, 0.29) is 42.2 Å². The van der Waals surface area contributed by atoms with Crippen molar-refractivity contribution in [2.75, 3.05) is 13.2 Å². The summed E-state index contributed by atoms with van der Waals surface area (Å²) in [5.41, 5.74) is 0.335. The second-order valence-electron chi connectivity index (χ2n) is 6.31. The van der Waals surface area contributed by atoms with Crippen LogP contribution in [0.3, 0.4) is 0 Å². The Balaban J connectivity index is 1.69. The van der Waals surface area contributed by atoms with Crippen LogP contribution in [0.5, 0.6) is 0 Å². The molecule has 1 atom stereocenters. The molecule has 1 unspecified atom stereocenters. The Kier molecular flexibility index (Phi) is 6.04. The van der Waals surface area contributed by atoms with Crippen LogP contribution in [0.2, 0.25) is 5.15 Å². The maximum Gasteiger partial charge on any atom is 0.411 e. The second kappa shape index (κ2) is 7.88. The monoisotopic (exact) mass is 466 g/mol. The summed E-state index contributed by atoms with van der Waals surface area (Å²) in [7, 11) is 0. The number of aromatic nitrogens is 3. The topological polar surface area (TPSA) is 59.7 Å². The minimum atomic E-state index is -4.45. The molecule has 2 aromatic rings. The van der Waals surface area contributed by atoms with E-state index in [0.717, 1.165) is 11.3 Å². The highest BCUT2D eigenvalue weighted by atomic mass is 35.5. The Morgan fingerprint density at radius 2 is 2.00 bits per heavy atom. The van der Waals surface area contributed by atoms with Crippen LogP contribution in [0.1, 0.15) is 23.5 Å². The molecule has 1 aliphatic rings. The molecule has 0 radical (unpaired) electrons. The van der Waals surface area contributed by atoms with E-state index in [2.05, 4.69) is 14.8 Å². The Bertz CT molecular complexity index is 866. The first-order valence-corrected chi connectivity index (χ1v) is 9.50. The number of carbonyl (C=O) groups is 1. The molecule has 0 spiro atoms. The van der Waals surface area contributed by atoms with Gasteiger partial charge in [-0.05, 0) is 17.5 Å². The molecule has 1 amide bonds. The molecule has 0 bridgehead atoms. The lowest BCUT2D eigenvalue weighted by Crippen LogP contribution is -2.26. The van der Waals surface area contributed by atoms with Gasteiger partial charge in [0.2, 0.25) is 10.9 Å². The number of imidazole rings is 1. The Labute approximate surface area is 169 Å². The zero-order chi connectivity index (χ0) is 20.7. The molecule has 6 nitrogen and oxygen atoms in total. The van der Waals surface area contributed by atoms with Crippen molar-refractivity contribution in [2.45, 2.75) is 37.6 Å². The van der Waals surface area contributed by atoms with Crippen LogP contribution in [-0.4, -0.2) is 50.1 Å². The van der Waals surface area contributed by atoms with E-state index in [1.54, 1.807) is 0 Å². The van der Waals surface area contributed by atoms with Crippen molar-refractivity contribution >= 4 is 45.4 Å². The Hall–Kier alpha value is -1.24. The van der Waals surface area contributed by atoms with Gasteiger partial charge in [0.25, 0.3) is 0 Å². The lowest BCUT2D eigenvalue weighted by Gasteiger charge is -2.17. The third kappa shape index (κ3) is 5.43. The van der Waals surface area contributed by atoms with Gasteiger partial charge in [0, 0.05) is 19.4 Å². The van der Waals surface area contributed by atoms with Gasteiger partial charge in [-0.1, -0.05) is 22.9 Å². The summed E-state index contributed by atoms with van der Waals surface area (Å²) in [5.74, 6) is -0.926. The van der Waals surface area contributed by atoms with Crippen molar-refractivity contribution in [2.24, 2.45) is 5.92 Å². The fraction of sp³-hybridized carbons (Fsp3) is 0.643. The fourth-order valence-electron chi connectivity index (χ4n) is 2.90. The van der Waals surface area contributed by atoms with E-state index >= 15 is 0 Å². The molecule has 0 saturated carbocycles. The molecule has 1 fully saturated rings. The van der Waals surface area contributed by atoms with E-state index in [0.29, 0.717) is 10.7 Å². The highest BCUT2D eigenvalue weighted by Crippen LogP contribution is 2.34. The molecule has 14 heteroatoms. The number of likely N-dealkylation sites (tertiary alicyclic amines) is 1. The van der Waals surface area contributed by atoms with E-state index in [4.69, 9.17) is 23.2 Å². The van der Waals surface area contributed by atoms with Gasteiger partial charge in [-0.15, -0.1) is 0 Å². The van der Waals surface area contributed by atoms with Gasteiger partial charge in [0.15, 0.2) is 5.15 Å². The summed E-state index contributed by atoms with van der Waals surface area (Å²) in [5, 5.41) is 1.05. The minimum absolute atomic E-state index is 0.0181. The first-order valence-electron chi connectivity index (χ1n) is 7.93. The van der Waals surface area contributed by atoms with E-state index in [1.807, 2.05) is 0 Å². The van der Waals surface area contributed by atoms with Crippen molar-refractivity contribution in [3.05, 3.63) is 15.9 Å². The summed E-state index contributed by atoms with van der Waals surface area (Å²) < 4.78 is 68.3. The zero-order valence-electron chi connectivity index (χ0n) is 14.0. The van der Waals surface area contributed by atoms with Gasteiger partial charge in [0.05, 0.1) is 6.54 Å². The molecule has 2 aromatic heterocycles. The number of ether oxygens (including phenoxy) is 1. The van der Waals surface area contributed by atoms with Crippen LogP contribution in [0.15, 0.2) is 0 Å². The standard InChI is InChI=1S/C14H13Cl2F5N4O2S/c15-11-8(4-24-3-7(1-10(24)26)2-13(16,17)18)25-12(22-11)28-9(23-25)5-27-6-14(19,20)21/h7H,1-6H2. The van der Waals surface area contributed by atoms with E-state index in [1.165, 1.54) is 9.42 Å². The highest BCUT2D eigenvalue weighted by Gasteiger charge is 2.37. The summed E-state index contributed by atoms with van der Waals surface area (Å²) in [6, 6.07) is 0. The quantitative estimate of drug-likeness (QED) is 0.455. The van der Waals surface area contributed by atoms with Crippen LogP contribution in [-0.2, 0) is 22.7 Å². The molecule has 3 heterocycles. The normalized spacial score (nSPS) is 18.6. The molecule has 0 aromatic carbocycles. The molecule has 156 valence electrons. The molecule has 0 aliphatic carbocycles. The van der Waals surface area contributed by atoms with Gasteiger partial charge in [-0.3, -0.25) is 4.79 Å². The third-order valence-electron chi connectivity index (χ3n) is 3.94. The molecule has 1 aliphatic heterocycles. The van der Waals surface area contributed by atoms with Gasteiger partial charge in [-0.25, -0.2) is 9.50 Å². The van der Waals surface area contributed by atoms with Gasteiger partial charge in [-0.2, -0.15) is 27.1 Å². The lowest BCUT2D eigenvalue weighted by molar-refractivity contribution is -0.176. The number of rotatable bonds is 7. The smallest absolute Gasteiger partial charge is 0.365 e. The summed E-state index contributed by atoms with van der Waals surface area (Å²) in [6.07, 6.45) is -5.13. The first-order chi connectivity index (χ1) is 12.9. The van der Waals surface area contributed by atoms with Crippen molar-refractivity contribution in [1.82, 2.24) is 19.5 Å². The van der Waals surface area contributed by atoms with Gasteiger partial charge in [0.1, 0.15) is 23.9 Å². The van der Waals surface area contributed by atoms with Crippen molar-refractivity contribution in [3.8, 4) is 0 Å². The van der Waals surface area contributed by atoms with Crippen LogP contribution in [0.25, 0.3) is 4.96 Å². The maximum atomic E-state index is 13.0. The predicted octanol–water partition coefficient (Wildman–Crippen LogP) is 4.09. The average molecular weight is 467 g/mol. The van der Waals surface area contributed by atoms with Crippen LogP contribution in [0.4, 0.5) is 22.0 Å². The summed E-state index contributed by atoms with van der Waals surface area (Å²) >= 11 is 12.0. The molecular formula is C14H13Cl2F5N4O2S. The number of alkyl halides is 6. The number of hydrogen-bond donors (Lipinski definition) is 0. The van der Waals surface area contributed by atoms with Crippen LogP contribution in [0, 0.1) is 5.92 Å². The minimum Gasteiger partial charge on any atom is -0.365 e. The van der Waals surface area contributed by atoms with Crippen LogP contribution >= 0.6 is 34.5 Å². The third-order valence-corrected chi connectivity index (χ3v) is 5.27. The number of hydrogen-bond acceptors (Lipinski definition) is 5. The van der Waals surface area contributed by atoms with E-state index in [9.17, 15) is 26.7 Å². The lowest BCUT2D eigenvalue weighted by atomic mass is 10.1. The van der Waals surface area contributed by atoms with Gasteiger partial charge >= 0.3 is 11.6 Å². The number of carbonyl (C=O) groups excluding carboxylic acids is 1. The van der Waals surface area contributed by atoms with E-state index < -0.39 is 30.5 Å². The summed E-state index contributed by atoms with van der Waals surface area (Å²) in [4.78, 5) is 17.8. The largest absolute Gasteiger partial charge is 0.411 e. The predicted molar refractivity (Wildman–Crippen MR) is 90.5 cm³/mol. The SMILES string of the molecule is O=C1CC(CC(F)(F)Cl)CN1Cc1c(Cl)nc2sc(COCC(F)(F)F)nn12. The molecule has 0 N–H and O–H groups in total. The Morgan fingerprint density at radius 3 is 2.64 bits per heavy atom. The summed E-state index contributed by atoms with van der Waals surface area (Å²) in [6.45, 7) is -1.70. The highest BCUT2D eigenvalue weighted by molar-refractivity contribution is 7.16. The molecular weight excluding hydrogens is 454 g/mol. The van der Waals surface area contributed by atoms with Crippen molar-refractivity contribution in [1.29, 1.82) is 0 Å². The second-order valence-corrected chi connectivity index (χ2v) is 8.26. The zero-order valence-corrected chi connectivity index (χ0v) is 16.3. The average Bonchev–Trinajstić information content (AvgIpc) is 3.12. The molecule has 1 saturated heterocycles. The van der Waals surface area contributed by atoms with Crippen molar-refractivity contribution in [3.63, 3.8) is 0 Å². The molecule has 28 heavy (non-hydrogen) atoms. The first kappa shape index (κ1) is 21.5.